The maximum absolute atomic E-state index is 12.6. The van der Waals surface area contributed by atoms with Crippen LogP contribution in [0.3, 0.4) is 0 Å². The Morgan fingerprint density at radius 1 is 1.13 bits per heavy atom. The highest BCUT2D eigenvalue weighted by atomic mass is 35.5. The minimum absolute atomic E-state index is 0.183. The van der Waals surface area contributed by atoms with Crippen LogP contribution in [0.25, 0.3) is 17.1 Å². The summed E-state index contributed by atoms with van der Waals surface area (Å²) in [5.74, 6) is 0.183. The Hall–Kier alpha value is -2.61. The van der Waals surface area contributed by atoms with Gasteiger partial charge in [0.15, 0.2) is 5.82 Å². The number of pyridine rings is 1. The zero-order valence-corrected chi connectivity index (χ0v) is 12.1. The van der Waals surface area contributed by atoms with Gasteiger partial charge < -0.3 is 0 Å². The van der Waals surface area contributed by atoms with Crippen LogP contribution in [0.5, 0.6) is 0 Å². The van der Waals surface area contributed by atoms with Crippen molar-refractivity contribution in [3.63, 3.8) is 0 Å². The Labute approximate surface area is 132 Å². The van der Waals surface area contributed by atoms with Crippen molar-refractivity contribution in [3.8, 4) is 17.1 Å². The van der Waals surface area contributed by atoms with E-state index in [9.17, 15) is 18.0 Å². The molecule has 0 spiro atoms. The molecule has 3 aromatic rings. The van der Waals surface area contributed by atoms with Gasteiger partial charge >= 0.3 is 11.9 Å². The Kier molecular flexibility index (Phi) is 3.69. The summed E-state index contributed by atoms with van der Waals surface area (Å²) >= 11 is 6.03. The van der Waals surface area contributed by atoms with Crippen LogP contribution in [-0.2, 0) is 6.18 Å². The number of H-pyrrole nitrogens is 1. The van der Waals surface area contributed by atoms with E-state index in [4.69, 9.17) is 11.6 Å². The summed E-state index contributed by atoms with van der Waals surface area (Å²) in [5.41, 5.74) is -0.728. The SMILES string of the molecule is O=c1[nH]nc(-c2ccncc2Cl)n1-c1ccc(C(F)(F)F)cc1. The summed E-state index contributed by atoms with van der Waals surface area (Å²) in [6.45, 7) is 0. The second-order valence-corrected chi connectivity index (χ2v) is 5.00. The number of nitrogens with one attached hydrogen (secondary N) is 1. The maximum Gasteiger partial charge on any atom is 0.416 e. The van der Waals surface area contributed by atoms with Crippen LogP contribution >= 0.6 is 11.6 Å². The van der Waals surface area contributed by atoms with Crippen LogP contribution in [0, 0.1) is 0 Å². The van der Waals surface area contributed by atoms with Gasteiger partial charge in [0.1, 0.15) is 0 Å². The first-order chi connectivity index (χ1) is 10.9. The van der Waals surface area contributed by atoms with E-state index in [2.05, 4.69) is 15.2 Å². The number of aromatic amines is 1. The van der Waals surface area contributed by atoms with E-state index in [0.717, 1.165) is 16.7 Å². The lowest BCUT2D eigenvalue weighted by Crippen LogP contribution is -2.16. The fourth-order valence-corrected chi connectivity index (χ4v) is 2.28. The molecule has 118 valence electrons. The van der Waals surface area contributed by atoms with Crippen LogP contribution in [0.2, 0.25) is 5.02 Å². The quantitative estimate of drug-likeness (QED) is 0.778. The summed E-state index contributed by atoms with van der Waals surface area (Å²) in [6.07, 6.45) is -1.60. The number of halogens is 4. The third-order valence-electron chi connectivity index (χ3n) is 3.14. The Morgan fingerprint density at radius 2 is 1.83 bits per heavy atom. The van der Waals surface area contributed by atoms with Crippen molar-refractivity contribution in [2.45, 2.75) is 6.18 Å². The van der Waals surface area contributed by atoms with Gasteiger partial charge in [-0.25, -0.2) is 14.5 Å². The van der Waals surface area contributed by atoms with Crippen molar-refractivity contribution in [2.75, 3.05) is 0 Å². The summed E-state index contributed by atoms with van der Waals surface area (Å²) in [7, 11) is 0. The van der Waals surface area contributed by atoms with Crippen molar-refractivity contribution in [2.24, 2.45) is 0 Å². The molecule has 5 nitrogen and oxygen atoms in total. The van der Waals surface area contributed by atoms with Gasteiger partial charge in [-0.1, -0.05) is 11.6 Å². The second kappa shape index (κ2) is 5.54. The van der Waals surface area contributed by atoms with Crippen molar-refractivity contribution >= 4 is 11.6 Å². The number of hydrogen-bond donors (Lipinski definition) is 1. The van der Waals surface area contributed by atoms with E-state index in [1.54, 1.807) is 6.07 Å². The predicted octanol–water partition coefficient (Wildman–Crippen LogP) is 3.29. The molecule has 0 aliphatic rings. The van der Waals surface area contributed by atoms with Gasteiger partial charge in [-0.2, -0.15) is 18.3 Å². The van der Waals surface area contributed by atoms with Gasteiger partial charge in [0.05, 0.1) is 16.3 Å². The minimum atomic E-state index is -4.45. The first-order valence-electron chi connectivity index (χ1n) is 6.33. The molecule has 2 heterocycles. The fourth-order valence-electron chi connectivity index (χ4n) is 2.07. The van der Waals surface area contributed by atoms with Crippen molar-refractivity contribution in [3.05, 3.63) is 63.8 Å². The second-order valence-electron chi connectivity index (χ2n) is 4.59. The van der Waals surface area contributed by atoms with E-state index < -0.39 is 17.4 Å². The van der Waals surface area contributed by atoms with Crippen LogP contribution in [0.15, 0.2) is 47.5 Å². The smallest absolute Gasteiger partial charge is 0.263 e. The molecule has 0 amide bonds. The normalized spacial score (nSPS) is 11.7. The number of aromatic nitrogens is 4. The lowest BCUT2D eigenvalue weighted by molar-refractivity contribution is -0.137. The van der Waals surface area contributed by atoms with E-state index in [1.807, 2.05) is 0 Å². The fraction of sp³-hybridized carbons (Fsp3) is 0.0714. The molecule has 0 saturated heterocycles. The van der Waals surface area contributed by atoms with Gasteiger partial charge in [-0.05, 0) is 30.3 Å². The highest BCUT2D eigenvalue weighted by Crippen LogP contribution is 2.30. The van der Waals surface area contributed by atoms with Crippen LogP contribution in [0.1, 0.15) is 5.56 Å². The molecule has 3 rings (SSSR count). The van der Waals surface area contributed by atoms with E-state index in [-0.39, 0.29) is 16.5 Å². The maximum atomic E-state index is 12.6. The number of benzene rings is 1. The first kappa shape index (κ1) is 15.3. The molecule has 23 heavy (non-hydrogen) atoms. The molecule has 0 fully saturated rings. The Balaban J connectivity index is 2.13. The summed E-state index contributed by atoms with van der Waals surface area (Å²) in [4.78, 5) is 15.8. The third-order valence-corrected chi connectivity index (χ3v) is 3.44. The summed E-state index contributed by atoms with van der Waals surface area (Å²) in [6, 6.07) is 5.73. The summed E-state index contributed by atoms with van der Waals surface area (Å²) in [5, 5.41) is 6.41. The van der Waals surface area contributed by atoms with Crippen LogP contribution in [0.4, 0.5) is 13.2 Å². The number of nitrogens with zero attached hydrogens (tertiary/aromatic N) is 3. The topological polar surface area (TPSA) is 63.6 Å². The number of hydrogen-bond acceptors (Lipinski definition) is 3. The predicted molar refractivity (Wildman–Crippen MR) is 77.4 cm³/mol. The van der Waals surface area contributed by atoms with Crippen LogP contribution < -0.4 is 5.69 Å². The van der Waals surface area contributed by atoms with Crippen molar-refractivity contribution in [1.29, 1.82) is 0 Å². The molecule has 0 saturated carbocycles. The largest absolute Gasteiger partial charge is 0.416 e. The zero-order chi connectivity index (χ0) is 16.6. The molecule has 1 aromatic carbocycles. The molecular formula is C14H8ClF3N4O. The molecule has 0 atom stereocenters. The van der Waals surface area contributed by atoms with Gasteiger partial charge in [-0.15, -0.1) is 0 Å². The molecule has 1 N–H and O–H groups in total. The first-order valence-corrected chi connectivity index (χ1v) is 6.70. The average Bonchev–Trinajstić information content (AvgIpc) is 2.88. The number of alkyl halides is 3. The average molecular weight is 341 g/mol. The van der Waals surface area contributed by atoms with Gasteiger partial charge in [-0.3, -0.25) is 4.98 Å². The lowest BCUT2D eigenvalue weighted by Gasteiger charge is -2.09. The molecule has 0 unspecified atom stereocenters. The molecule has 2 aromatic heterocycles. The molecule has 0 radical (unpaired) electrons. The molecular weight excluding hydrogens is 333 g/mol. The highest BCUT2D eigenvalue weighted by molar-refractivity contribution is 6.33. The standard InChI is InChI=1S/C14H8ClF3N4O/c15-11-7-19-6-5-10(11)12-20-21-13(23)22(12)9-3-1-8(2-4-9)14(16,17)18/h1-7H,(H,21,23). The number of rotatable bonds is 2. The van der Waals surface area contributed by atoms with E-state index >= 15 is 0 Å². The minimum Gasteiger partial charge on any atom is -0.263 e. The highest BCUT2D eigenvalue weighted by Gasteiger charge is 2.30. The van der Waals surface area contributed by atoms with Crippen molar-refractivity contribution < 1.29 is 13.2 Å². The van der Waals surface area contributed by atoms with Gasteiger partial charge in [0.2, 0.25) is 0 Å². The van der Waals surface area contributed by atoms with E-state index in [0.29, 0.717) is 5.56 Å². The molecule has 0 aliphatic heterocycles. The molecule has 0 aliphatic carbocycles. The monoisotopic (exact) mass is 340 g/mol. The lowest BCUT2D eigenvalue weighted by atomic mass is 10.2. The van der Waals surface area contributed by atoms with Gasteiger partial charge in [0, 0.05) is 18.0 Å². The molecule has 0 bridgehead atoms. The van der Waals surface area contributed by atoms with Crippen LogP contribution in [-0.4, -0.2) is 19.7 Å². The Morgan fingerprint density at radius 3 is 2.43 bits per heavy atom. The van der Waals surface area contributed by atoms with Gasteiger partial charge in [0.25, 0.3) is 0 Å². The third kappa shape index (κ3) is 2.85. The Bertz CT molecular complexity index is 899. The summed E-state index contributed by atoms with van der Waals surface area (Å²) < 4.78 is 39.0. The molecule has 9 heteroatoms. The zero-order valence-electron chi connectivity index (χ0n) is 11.3. The van der Waals surface area contributed by atoms with E-state index in [1.165, 1.54) is 24.5 Å². The van der Waals surface area contributed by atoms with Crippen molar-refractivity contribution in [1.82, 2.24) is 19.7 Å².